The largest absolute Gasteiger partial charge is 0.399 e. The molecule has 0 bridgehead atoms. The fraction of sp³-hybridized carbons (Fsp3) is 0.120. The number of halogens is 1. The third-order valence-corrected chi connectivity index (χ3v) is 14.3. The van der Waals surface area contributed by atoms with Crippen LogP contribution in [0.15, 0.2) is 186 Å². The molecule has 0 unspecified atom stereocenters. The Hall–Kier alpha value is -5.21. The van der Waals surface area contributed by atoms with Gasteiger partial charge in [-0.3, -0.25) is 0 Å². The summed E-state index contributed by atoms with van der Waals surface area (Å²) in [5.41, 5.74) is 13.7. The van der Waals surface area contributed by atoms with Gasteiger partial charge in [-0.05, 0) is 104 Å². The number of rotatable bonds is 6. The molecule has 0 amide bonds. The Morgan fingerprint density at radius 3 is 1.27 bits per heavy atom. The molecule has 3 N–H and O–H groups in total. The summed E-state index contributed by atoms with van der Waals surface area (Å²) in [5.74, 6) is 0. The quantitative estimate of drug-likeness (QED) is 0.130. The van der Waals surface area contributed by atoms with Crippen LogP contribution in [-0.2, 0) is 0 Å². The van der Waals surface area contributed by atoms with Gasteiger partial charge in [-0.15, -0.1) is 0 Å². The number of benzene rings is 8. The highest BCUT2D eigenvalue weighted by atomic mass is 79.9. The Morgan fingerprint density at radius 2 is 0.782 bits per heavy atom. The summed E-state index contributed by atoms with van der Waals surface area (Å²) in [6, 6.07) is 64.3. The zero-order valence-corrected chi connectivity index (χ0v) is 36.4. The number of nitrogens with one attached hydrogen (secondary N) is 1. The maximum atomic E-state index is 5.59. The maximum Gasteiger partial charge on any atom is 0.0775 e. The number of anilines is 3. The second kappa shape index (κ2) is 17.5. The fourth-order valence-electron chi connectivity index (χ4n) is 6.36. The van der Waals surface area contributed by atoms with Crippen molar-refractivity contribution in [3.8, 4) is 22.3 Å². The minimum absolute atomic E-state index is 0.854. The lowest BCUT2D eigenvalue weighted by Crippen LogP contribution is -2.37. The number of hydrogen-bond acceptors (Lipinski definition) is 2. The molecule has 55 heavy (non-hydrogen) atoms. The van der Waals surface area contributed by atoms with Crippen LogP contribution < -0.4 is 21.4 Å². The van der Waals surface area contributed by atoms with E-state index in [1.807, 2.05) is 18.2 Å². The van der Waals surface area contributed by atoms with Crippen molar-refractivity contribution < 1.29 is 0 Å². The van der Waals surface area contributed by atoms with E-state index in [2.05, 4.69) is 224 Å². The molecule has 0 fully saturated rings. The van der Waals surface area contributed by atoms with Crippen molar-refractivity contribution in [2.75, 3.05) is 11.1 Å². The molecule has 0 aromatic heterocycles. The van der Waals surface area contributed by atoms with Crippen LogP contribution in [0.5, 0.6) is 0 Å². The van der Waals surface area contributed by atoms with Crippen molar-refractivity contribution >= 4 is 81.1 Å². The molecule has 8 aromatic carbocycles. The molecular weight excluding hydrogens is 765 g/mol. The monoisotopic (exact) mass is 814 g/mol. The Bertz CT molecular complexity index is 2470. The van der Waals surface area contributed by atoms with Crippen molar-refractivity contribution in [2.45, 2.75) is 39.3 Å². The minimum Gasteiger partial charge on any atom is -0.399 e. The first-order valence-electron chi connectivity index (χ1n) is 18.9. The van der Waals surface area contributed by atoms with Crippen molar-refractivity contribution in [1.82, 2.24) is 0 Å². The molecule has 0 aliphatic rings. The van der Waals surface area contributed by atoms with E-state index < -0.39 is 16.1 Å². The van der Waals surface area contributed by atoms with Gasteiger partial charge in [0.05, 0.1) is 16.1 Å². The van der Waals surface area contributed by atoms with Crippen LogP contribution in [-0.4, -0.2) is 16.1 Å². The van der Waals surface area contributed by atoms with Gasteiger partial charge in [-0.1, -0.05) is 187 Å². The first-order valence-corrected chi connectivity index (χ1v) is 26.7. The highest BCUT2D eigenvalue weighted by Gasteiger charge is 2.16. The van der Waals surface area contributed by atoms with Crippen LogP contribution in [0.3, 0.4) is 0 Å². The van der Waals surface area contributed by atoms with E-state index in [-0.39, 0.29) is 0 Å². The van der Waals surface area contributed by atoms with Gasteiger partial charge in [0.1, 0.15) is 0 Å². The molecule has 0 heterocycles. The zero-order chi connectivity index (χ0) is 39.0. The van der Waals surface area contributed by atoms with Crippen LogP contribution >= 0.6 is 15.9 Å². The van der Waals surface area contributed by atoms with Crippen LogP contribution in [0.2, 0.25) is 39.3 Å². The lowest BCUT2D eigenvalue weighted by molar-refractivity contribution is 1.57. The second-order valence-corrected chi connectivity index (χ2v) is 27.1. The Labute approximate surface area is 338 Å². The van der Waals surface area contributed by atoms with Gasteiger partial charge >= 0.3 is 0 Å². The molecule has 0 saturated heterocycles. The molecule has 2 nitrogen and oxygen atoms in total. The van der Waals surface area contributed by atoms with Crippen molar-refractivity contribution in [2.24, 2.45) is 0 Å². The van der Waals surface area contributed by atoms with E-state index in [0.29, 0.717) is 0 Å². The lowest BCUT2D eigenvalue weighted by Gasteiger charge is -2.17. The number of nitrogens with two attached hydrogens (primary N) is 1. The molecule has 0 spiro atoms. The predicted molar refractivity (Wildman–Crippen MR) is 253 cm³/mol. The van der Waals surface area contributed by atoms with E-state index in [0.717, 1.165) is 21.5 Å². The van der Waals surface area contributed by atoms with Crippen molar-refractivity contribution in [1.29, 1.82) is 0 Å². The summed E-state index contributed by atoms with van der Waals surface area (Å²) in [4.78, 5) is 0. The summed E-state index contributed by atoms with van der Waals surface area (Å²) >= 11 is 3.50. The van der Waals surface area contributed by atoms with Crippen molar-refractivity contribution in [3.05, 3.63) is 186 Å². The van der Waals surface area contributed by atoms with Crippen LogP contribution in [0, 0.1) is 0 Å². The lowest BCUT2D eigenvalue weighted by atomic mass is 10.0. The summed E-state index contributed by atoms with van der Waals surface area (Å²) in [7, 11) is -2.36. The number of hydrogen-bond donors (Lipinski definition) is 2. The molecule has 0 saturated carbocycles. The Balaban J connectivity index is 0.000000156. The summed E-state index contributed by atoms with van der Waals surface area (Å²) < 4.78 is 1.12. The van der Waals surface area contributed by atoms with Gasteiger partial charge in [0, 0.05) is 21.5 Å². The third kappa shape index (κ3) is 10.9. The standard InChI is InChI=1S/C25H25NSi.C16H11Br.C9H15NSi/c1-27(2,3)25-15-13-23(14-16-25)26-24-12-11-21-17-20(9-10-22(21)18-24)19-7-5-4-6-8-19;17-16-9-8-14-10-13(6-7-15(14)11-16)12-4-2-1-3-5-12;1-11(2,3)9-6-4-8(10)5-7-9/h4-18,26H,1-3H3;1-11H;4-7H,10H2,1-3H3. The summed E-state index contributed by atoms with van der Waals surface area (Å²) in [6.07, 6.45) is 0. The van der Waals surface area contributed by atoms with Crippen LogP contribution in [0.4, 0.5) is 17.1 Å². The number of nitrogen functional groups attached to an aromatic ring is 1. The normalized spacial score (nSPS) is 11.3. The topological polar surface area (TPSA) is 38.0 Å². The van der Waals surface area contributed by atoms with Gasteiger partial charge in [-0.25, -0.2) is 0 Å². The first kappa shape index (κ1) is 39.5. The van der Waals surface area contributed by atoms with Crippen molar-refractivity contribution in [3.63, 3.8) is 0 Å². The maximum absolute atomic E-state index is 5.59. The zero-order valence-electron chi connectivity index (χ0n) is 32.8. The second-order valence-electron chi connectivity index (χ2n) is 16.0. The van der Waals surface area contributed by atoms with Crippen LogP contribution in [0.1, 0.15) is 0 Å². The molecule has 0 atom stereocenters. The van der Waals surface area contributed by atoms with Gasteiger partial charge in [0.15, 0.2) is 0 Å². The Kier molecular flexibility index (Phi) is 12.6. The first-order chi connectivity index (χ1) is 26.3. The van der Waals surface area contributed by atoms with E-state index in [1.54, 1.807) is 0 Å². The van der Waals surface area contributed by atoms with Gasteiger partial charge in [0.2, 0.25) is 0 Å². The molecule has 5 heteroatoms. The van der Waals surface area contributed by atoms with Crippen LogP contribution in [0.25, 0.3) is 43.8 Å². The van der Waals surface area contributed by atoms with E-state index in [9.17, 15) is 0 Å². The molecule has 276 valence electrons. The number of fused-ring (bicyclic) bond motifs is 2. The molecule has 0 aliphatic heterocycles. The van der Waals surface area contributed by atoms with Gasteiger partial charge in [-0.2, -0.15) is 0 Å². The summed E-state index contributed by atoms with van der Waals surface area (Å²) in [6.45, 7) is 14.1. The summed E-state index contributed by atoms with van der Waals surface area (Å²) in [5, 5.41) is 11.5. The van der Waals surface area contributed by atoms with E-state index in [4.69, 9.17) is 5.73 Å². The van der Waals surface area contributed by atoms with Gasteiger partial charge in [0.25, 0.3) is 0 Å². The highest BCUT2D eigenvalue weighted by molar-refractivity contribution is 9.10. The van der Waals surface area contributed by atoms with E-state index >= 15 is 0 Å². The molecular formula is C50H51BrN2Si2. The molecule has 0 radical (unpaired) electrons. The average Bonchev–Trinajstić information content (AvgIpc) is 3.18. The molecule has 8 aromatic rings. The third-order valence-electron chi connectivity index (χ3n) is 9.67. The SMILES string of the molecule is Brc1ccc2cc(-c3ccccc3)ccc2c1.C[Si](C)(C)c1ccc(N)cc1.C[Si](C)(C)c1ccc(Nc2ccc3cc(-c4ccccc4)ccc3c2)cc1. The predicted octanol–water partition coefficient (Wildman–Crippen LogP) is 13.9. The Morgan fingerprint density at radius 1 is 0.382 bits per heavy atom. The smallest absolute Gasteiger partial charge is 0.0775 e. The minimum atomic E-state index is -1.25. The average molecular weight is 816 g/mol. The fourth-order valence-corrected chi connectivity index (χ4v) is 9.08. The molecule has 0 aliphatic carbocycles. The highest BCUT2D eigenvalue weighted by Crippen LogP contribution is 2.28. The molecule has 8 rings (SSSR count). The van der Waals surface area contributed by atoms with Gasteiger partial charge < -0.3 is 11.1 Å². The van der Waals surface area contributed by atoms with E-state index in [1.165, 1.54) is 54.2 Å².